The van der Waals surface area contributed by atoms with Crippen LogP contribution in [-0.4, -0.2) is 34.4 Å². The number of nitrogens with one attached hydrogen (secondary N) is 1. The summed E-state index contributed by atoms with van der Waals surface area (Å²) in [5.41, 5.74) is 2.99. The molecular weight excluding hydrogens is 382 g/mol. The van der Waals surface area contributed by atoms with Crippen molar-refractivity contribution in [2.75, 3.05) is 13.1 Å². The van der Waals surface area contributed by atoms with Crippen LogP contribution in [-0.2, 0) is 11.3 Å². The van der Waals surface area contributed by atoms with Gasteiger partial charge in [0, 0.05) is 25.6 Å². The van der Waals surface area contributed by atoms with Crippen LogP contribution in [0.25, 0.3) is 10.2 Å². The number of thiophene rings is 1. The minimum Gasteiger partial charge on any atom is -0.349 e. The van der Waals surface area contributed by atoms with Crippen molar-refractivity contribution in [3.63, 3.8) is 0 Å². The zero-order valence-corrected chi connectivity index (χ0v) is 17.7. The van der Waals surface area contributed by atoms with Crippen LogP contribution in [0.3, 0.4) is 0 Å². The minimum atomic E-state index is -0.0355. The van der Waals surface area contributed by atoms with E-state index in [-0.39, 0.29) is 23.8 Å². The van der Waals surface area contributed by atoms with Crippen LogP contribution in [0.1, 0.15) is 48.8 Å². The highest BCUT2D eigenvalue weighted by Crippen LogP contribution is 2.27. The van der Waals surface area contributed by atoms with E-state index in [4.69, 9.17) is 0 Å². The van der Waals surface area contributed by atoms with E-state index in [2.05, 4.69) is 28.3 Å². The Morgan fingerprint density at radius 1 is 1.17 bits per heavy atom. The van der Waals surface area contributed by atoms with E-state index in [1.807, 2.05) is 48.2 Å². The first-order valence-electron chi connectivity index (χ1n) is 10.3. The summed E-state index contributed by atoms with van der Waals surface area (Å²) in [6.45, 7) is 6.10. The molecule has 3 heterocycles. The van der Waals surface area contributed by atoms with Gasteiger partial charge in [-0.2, -0.15) is 0 Å². The molecular formula is C23H27N3O2S. The second-order valence-electron chi connectivity index (χ2n) is 7.65. The van der Waals surface area contributed by atoms with Crippen LogP contribution in [0, 0.1) is 5.92 Å². The largest absolute Gasteiger partial charge is 0.349 e. The van der Waals surface area contributed by atoms with Gasteiger partial charge in [-0.25, -0.2) is 0 Å². The maximum atomic E-state index is 13.1. The van der Waals surface area contributed by atoms with E-state index in [0.29, 0.717) is 25.9 Å². The number of benzene rings is 1. The standard InChI is InChI=1S/C23H27N3O2S/c1-3-26-19-11-14-29-21(19)15-20(26)23(28)25-12-9-18(10-13-25)22(27)24-16(2)17-7-5-4-6-8-17/h4-8,11,14-16,18H,3,9-10,12-13H2,1-2H3,(H,24,27)/t16-/m1/s1. The van der Waals surface area contributed by atoms with Crippen molar-refractivity contribution in [1.82, 2.24) is 14.8 Å². The molecule has 1 saturated heterocycles. The van der Waals surface area contributed by atoms with Crippen molar-refractivity contribution in [3.8, 4) is 0 Å². The Kier molecular flexibility index (Phi) is 5.72. The number of amides is 2. The smallest absolute Gasteiger partial charge is 0.270 e. The van der Waals surface area contributed by atoms with Gasteiger partial charge in [0.2, 0.25) is 5.91 Å². The SMILES string of the molecule is CCn1c(C(=O)N2CCC(C(=O)N[C@H](C)c3ccccc3)CC2)cc2sccc21. The average molecular weight is 410 g/mol. The summed E-state index contributed by atoms with van der Waals surface area (Å²) >= 11 is 1.67. The first-order chi connectivity index (χ1) is 14.1. The summed E-state index contributed by atoms with van der Waals surface area (Å²) in [6.07, 6.45) is 1.42. The number of aromatic nitrogens is 1. The lowest BCUT2D eigenvalue weighted by atomic mass is 9.95. The normalized spacial score (nSPS) is 16.1. The summed E-state index contributed by atoms with van der Waals surface area (Å²) in [5, 5.41) is 5.19. The van der Waals surface area contributed by atoms with E-state index in [1.165, 1.54) is 0 Å². The fourth-order valence-corrected chi connectivity index (χ4v) is 4.98. The quantitative estimate of drug-likeness (QED) is 0.677. The van der Waals surface area contributed by atoms with Crippen LogP contribution in [0.2, 0.25) is 0 Å². The van der Waals surface area contributed by atoms with Gasteiger partial charge in [-0.15, -0.1) is 11.3 Å². The second-order valence-corrected chi connectivity index (χ2v) is 8.60. The third kappa shape index (κ3) is 3.94. The molecule has 2 aromatic heterocycles. The third-order valence-electron chi connectivity index (χ3n) is 5.87. The Balaban J connectivity index is 1.36. The van der Waals surface area contributed by atoms with E-state index in [1.54, 1.807) is 11.3 Å². The molecule has 3 aromatic rings. The summed E-state index contributed by atoms with van der Waals surface area (Å²) in [6, 6.07) is 14.1. The molecule has 0 saturated carbocycles. The van der Waals surface area contributed by atoms with Crippen molar-refractivity contribution in [1.29, 1.82) is 0 Å². The van der Waals surface area contributed by atoms with Crippen LogP contribution >= 0.6 is 11.3 Å². The Hall–Kier alpha value is -2.60. The number of hydrogen-bond acceptors (Lipinski definition) is 3. The van der Waals surface area contributed by atoms with Crippen molar-refractivity contribution >= 4 is 33.4 Å². The van der Waals surface area contributed by atoms with Gasteiger partial charge in [0.05, 0.1) is 16.3 Å². The first kappa shape index (κ1) is 19.7. The molecule has 1 aliphatic heterocycles. The Labute approximate surface area is 175 Å². The molecule has 1 aromatic carbocycles. The highest BCUT2D eigenvalue weighted by atomic mass is 32.1. The molecule has 0 bridgehead atoms. The topological polar surface area (TPSA) is 54.3 Å². The monoisotopic (exact) mass is 409 g/mol. The summed E-state index contributed by atoms with van der Waals surface area (Å²) in [7, 11) is 0. The molecule has 0 unspecified atom stereocenters. The van der Waals surface area contributed by atoms with E-state index < -0.39 is 0 Å². The fourth-order valence-electron chi connectivity index (χ4n) is 4.16. The van der Waals surface area contributed by atoms with E-state index >= 15 is 0 Å². The average Bonchev–Trinajstić information content (AvgIpc) is 3.35. The maximum absolute atomic E-state index is 13.1. The predicted octanol–water partition coefficient (Wildman–Crippen LogP) is 4.45. The predicted molar refractivity (Wildman–Crippen MR) is 117 cm³/mol. The highest BCUT2D eigenvalue weighted by molar-refractivity contribution is 7.17. The fraction of sp³-hybridized carbons (Fsp3) is 0.391. The van der Waals surface area contributed by atoms with Gasteiger partial charge in [0.15, 0.2) is 0 Å². The van der Waals surface area contributed by atoms with Crippen molar-refractivity contribution in [3.05, 3.63) is 59.1 Å². The number of carbonyl (C=O) groups is 2. The molecule has 1 aliphatic rings. The van der Waals surface area contributed by atoms with Crippen LogP contribution < -0.4 is 5.32 Å². The number of rotatable bonds is 5. The van der Waals surface area contributed by atoms with Crippen molar-refractivity contribution in [2.24, 2.45) is 5.92 Å². The molecule has 5 nitrogen and oxygen atoms in total. The number of carbonyl (C=O) groups excluding carboxylic acids is 2. The van der Waals surface area contributed by atoms with Crippen LogP contribution in [0.4, 0.5) is 0 Å². The number of fused-ring (bicyclic) bond motifs is 1. The van der Waals surface area contributed by atoms with Crippen LogP contribution in [0.5, 0.6) is 0 Å². The van der Waals surface area contributed by atoms with Crippen molar-refractivity contribution < 1.29 is 9.59 Å². The first-order valence-corrected chi connectivity index (χ1v) is 11.2. The number of likely N-dealkylation sites (tertiary alicyclic amines) is 1. The molecule has 152 valence electrons. The van der Waals surface area contributed by atoms with Crippen LogP contribution in [0.15, 0.2) is 47.8 Å². The zero-order valence-electron chi connectivity index (χ0n) is 16.9. The molecule has 6 heteroatoms. The molecule has 0 spiro atoms. The van der Waals surface area contributed by atoms with E-state index in [0.717, 1.165) is 28.0 Å². The minimum absolute atomic E-state index is 0.0101. The third-order valence-corrected chi connectivity index (χ3v) is 6.72. The van der Waals surface area contributed by atoms with Gasteiger partial charge in [-0.05, 0) is 49.8 Å². The lowest BCUT2D eigenvalue weighted by molar-refractivity contribution is -0.127. The summed E-state index contributed by atoms with van der Waals surface area (Å²) in [4.78, 5) is 27.7. The number of hydrogen-bond donors (Lipinski definition) is 1. The maximum Gasteiger partial charge on any atom is 0.270 e. The Morgan fingerprint density at radius 3 is 2.59 bits per heavy atom. The molecule has 29 heavy (non-hydrogen) atoms. The van der Waals surface area contributed by atoms with E-state index in [9.17, 15) is 9.59 Å². The Morgan fingerprint density at radius 2 is 1.90 bits per heavy atom. The molecule has 0 aliphatic carbocycles. The summed E-state index contributed by atoms with van der Waals surface area (Å²) < 4.78 is 3.24. The molecule has 0 radical (unpaired) electrons. The summed E-state index contributed by atoms with van der Waals surface area (Å²) in [5.74, 6) is 0.129. The molecule has 1 atom stereocenters. The number of piperidine rings is 1. The lowest BCUT2D eigenvalue weighted by Gasteiger charge is -2.32. The number of aryl methyl sites for hydroxylation is 1. The van der Waals surface area contributed by atoms with Gasteiger partial charge in [-0.1, -0.05) is 30.3 Å². The lowest BCUT2D eigenvalue weighted by Crippen LogP contribution is -2.43. The molecule has 1 N–H and O–H groups in total. The van der Waals surface area contributed by atoms with Crippen molar-refractivity contribution in [2.45, 2.75) is 39.3 Å². The highest BCUT2D eigenvalue weighted by Gasteiger charge is 2.30. The van der Waals surface area contributed by atoms with Gasteiger partial charge in [0.1, 0.15) is 5.69 Å². The van der Waals surface area contributed by atoms with Gasteiger partial charge < -0.3 is 14.8 Å². The molecule has 1 fully saturated rings. The Bertz CT molecular complexity index is 1000. The van der Waals surface area contributed by atoms with Gasteiger partial charge >= 0.3 is 0 Å². The second kappa shape index (κ2) is 8.41. The van der Waals surface area contributed by atoms with Gasteiger partial charge in [0.25, 0.3) is 5.91 Å². The number of nitrogens with zero attached hydrogens (tertiary/aromatic N) is 2. The molecule has 2 amide bonds. The van der Waals surface area contributed by atoms with Gasteiger partial charge in [-0.3, -0.25) is 9.59 Å². The zero-order chi connectivity index (χ0) is 20.4. The molecule has 4 rings (SSSR count).